The smallest absolute Gasteiger partial charge is 0.344 e. The molecular formula is C20H22N2O7. The Morgan fingerprint density at radius 2 is 1.83 bits per heavy atom. The molecule has 0 atom stereocenters. The number of nitrogens with one attached hydrogen (secondary N) is 1. The minimum atomic E-state index is -0.700. The van der Waals surface area contributed by atoms with Gasteiger partial charge in [0.2, 0.25) is 0 Å². The molecule has 2 aromatic rings. The van der Waals surface area contributed by atoms with E-state index in [1.807, 2.05) is 26.0 Å². The fourth-order valence-electron chi connectivity index (χ4n) is 2.50. The number of carbonyl (C=O) groups excluding carboxylic acids is 2. The van der Waals surface area contributed by atoms with Crippen molar-refractivity contribution in [3.8, 4) is 11.5 Å². The molecule has 154 valence electrons. The van der Waals surface area contributed by atoms with Crippen LogP contribution in [0.2, 0.25) is 0 Å². The number of anilines is 1. The van der Waals surface area contributed by atoms with E-state index in [2.05, 4.69) is 5.32 Å². The summed E-state index contributed by atoms with van der Waals surface area (Å²) >= 11 is 0. The van der Waals surface area contributed by atoms with E-state index in [-0.39, 0.29) is 29.6 Å². The summed E-state index contributed by atoms with van der Waals surface area (Å²) < 4.78 is 15.4. The average molecular weight is 402 g/mol. The van der Waals surface area contributed by atoms with Gasteiger partial charge in [-0.2, -0.15) is 0 Å². The number of hydrogen-bond donors (Lipinski definition) is 1. The predicted molar refractivity (Wildman–Crippen MR) is 105 cm³/mol. The average Bonchev–Trinajstić information content (AvgIpc) is 2.70. The summed E-state index contributed by atoms with van der Waals surface area (Å²) in [7, 11) is 1.32. The maximum Gasteiger partial charge on any atom is 0.344 e. The van der Waals surface area contributed by atoms with E-state index in [4.69, 9.17) is 14.2 Å². The molecule has 0 heterocycles. The second-order valence-electron chi connectivity index (χ2n) is 6.33. The highest BCUT2D eigenvalue weighted by atomic mass is 16.6. The summed E-state index contributed by atoms with van der Waals surface area (Å²) in [6.07, 6.45) is 0. The van der Waals surface area contributed by atoms with Crippen molar-refractivity contribution in [3.63, 3.8) is 0 Å². The molecule has 2 aromatic carbocycles. The first-order valence-corrected chi connectivity index (χ1v) is 8.81. The Morgan fingerprint density at radius 1 is 1.10 bits per heavy atom. The van der Waals surface area contributed by atoms with Crippen LogP contribution in [-0.4, -0.2) is 37.1 Å². The summed E-state index contributed by atoms with van der Waals surface area (Å²) in [5.74, 6) is -0.390. The first-order chi connectivity index (χ1) is 13.8. The van der Waals surface area contributed by atoms with Gasteiger partial charge in [-0.1, -0.05) is 32.0 Å². The highest BCUT2D eigenvalue weighted by Gasteiger charge is 2.15. The van der Waals surface area contributed by atoms with Crippen molar-refractivity contribution in [1.82, 2.24) is 0 Å². The number of ether oxygens (including phenoxy) is 3. The lowest BCUT2D eigenvalue weighted by atomic mass is 10.0. The van der Waals surface area contributed by atoms with E-state index in [0.29, 0.717) is 5.75 Å². The molecule has 0 spiro atoms. The van der Waals surface area contributed by atoms with Crippen molar-refractivity contribution in [1.29, 1.82) is 0 Å². The number of non-ortho nitro benzene ring substituents is 1. The molecule has 0 aliphatic carbocycles. The summed E-state index contributed by atoms with van der Waals surface area (Å²) in [6.45, 7) is 3.15. The largest absolute Gasteiger partial charge is 0.494 e. The van der Waals surface area contributed by atoms with Gasteiger partial charge in [0.05, 0.1) is 23.8 Å². The highest BCUT2D eigenvalue weighted by molar-refractivity contribution is 5.94. The normalized spacial score (nSPS) is 10.3. The maximum atomic E-state index is 12.0. The zero-order chi connectivity index (χ0) is 21.4. The van der Waals surface area contributed by atoms with Crippen LogP contribution in [0.15, 0.2) is 42.5 Å². The third-order valence-corrected chi connectivity index (χ3v) is 3.92. The third kappa shape index (κ3) is 6.20. The molecule has 9 heteroatoms. The number of nitro groups is 1. The van der Waals surface area contributed by atoms with E-state index in [0.717, 1.165) is 5.56 Å². The minimum absolute atomic E-state index is 0.118. The molecule has 0 saturated carbocycles. The molecule has 0 unspecified atom stereocenters. The van der Waals surface area contributed by atoms with Gasteiger partial charge in [-0.3, -0.25) is 14.9 Å². The minimum Gasteiger partial charge on any atom is -0.494 e. The van der Waals surface area contributed by atoms with Gasteiger partial charge in [0.25, 0.3) is 11.6 Å². The van der Waals surface area contributed by atoms with Gasteiger partial charge in [0.1, 0.15) is 11.5 Å². The van der Waals surface area contributed by atoms with Gasteiger partial charge >= 0.3 is 5.97 Å². The van der Waals surface area contributed by atoms with Gasteiger partial charge in [-0.15, -0.1) is 0 Å². The van der Waals surface area contributed by atoms with Crippen molar-refractivity contribution in [2.24, 2.45) is 0 Å². The number of hydrogen-bond acceptors (Lipinski definition) is 7. The summed E-state index contributed by atoms with van der Waals surface area (Å²) in [6, 6.07) is 11.1. The van der Waals surface area contributed by atoms with Crippen molar-refractivity contribution in [2.75, 3.05) is 25.6 Å². The fraction of sp³-hybridized carbons (Fsp3) is 0.300. The Kier molecular flexibility index (Phi) is 7.53. The van der Waals surface area contributed by atoms with E-state index in [9.17, 15) is 19.7 Å². The fourth-order valence-corrected chi connectivity index (χ4v) is 2.50. The SMILES string of the molecule is COc1cc([N+](=O)[O-])ccc1NC(=O)COC(=O)COc1ccccc1C(C)C. The third-order valence-electron chi connectivity index (χ3n) is 3.92. The molecule has 2 rings (SSSR count). The summed E-state index contributed by atoms with van der Waals surface area (Å²) in [5, 5.41) is 13.3. The summed E-state index contributed by atoms with van der Waals surface area (Å²) in [4.78, 5) is 34.1. The lowest BCUT2D eigenvalue weighted by Crippen LogP contribution is -2.24. The van der Waals surface area contributed by atoms with Crippen LogP contribution in [0.4, 0.5) is 11.4 Å². The van der Waals surface area contributed by atoms with E-state index in [1.165, 1.54) is 25.3 Å². The van der Waals surface area contributed by atoms with E-state index >= 15 is 0 Å². The number of amides is 1. The maximum absolute atomic E-state index is 12.0. The molecular weight excluding hydrogens is 380 g/mol. The molecule has 0 fully saturated rings. The number of carbonyl (C=O) groups is 2. The van der Waals surface area contributed by atoms with Crippen LogP contribution in [0.25, 0.3) is 0 Å². The number of nitrogens with zero attached hydrogens (tertiary/aromatic N) is 1. The topological polar surface area (TPSA) is 117 Å². The van der Waals surface area contributed by atoms with Crippen molar-refractivity contribution in [2.45, 2.75) is 19.8 Å². The molecule has 0 saturated heterocycles. The number of para-hydroxylation sites is 1. The number of esters is 1. The Morgan fingerprint density at radius 3 is 2.48 bits per heavy atom. The Balaban J connectivity index is 1.86. The highest BCUT2D eigenvalue weighted by Crippen LogP contribution is 2.29. The molecule has 9 nitrogen and oxygen atoms in total. The number of benzene rings is 2. The van der Waals surface area contributed by atoms with Crippen molar-refractivity contribution >= 4 is 23.3 Å². The molecule has 1 amide bonds. The van der Waals surface area contributed by atoms with Crippen LogP contribution in [-0.2, 0) is 14.3 Å². The quantitative estimate of drug-likeness (QED) is 0.388. The van der Waals surface area contributed by atoms with Crippen molar-refractivity contribution in [3.05, 3.63) is 58.1 Å². The molecule has 0 aliphatic heterocycles. The lowest BCUT2D eigenvalue weighted by molar-refractivity contribution is -0.384. The second kappa shape index (κ2) is 10.1. The Labute approximate surface area is 167 Å². The zero-order valence-electron chi connectivity index (χ0n) is 16.3. The van der Waals surface area contributed by atoms with Gasteiger partial charge < -0.3 is 19.5 Å². The molecule has 0 radical (unpaired) electrons. The molecule has 1 N–H and O–H groups in total. The van der Waals surface area contributed by atoms with Crippen LogP contribution in [0.5, 0.6) is 11.5 Å². The van der Waals surface area contributed by atoms with Crippen LogP contribution in [0.3, 0.4) is 0 Å². The predicted octanol–water partition coefficient (Wildman–Crippen LogP) is 3.29. The monoisotopic (exact) mass is 402 g/mol. The van der Waals surface area contributed by atoms with E-state index in [1.54, 1.807) is 12.1 Å². The van der Waals surface area contributed by atoms with Gasteiger partial charge in [-0.25, -0.2) is 4.79 Å². The van der Waals surface area contributed by atoms with Crippen LogP contribution in [0, 0.1) is 10.1 Å². The number of nitro benzene ring substituents is 1. The molecule has 0 aliphatic rings. The van der Waals surface area contributed by atoms with Gasteiger partial charge in [-0.05, 0) is 23.6 Å². The zero-order valence-corrected chi connectivity index (χ0v) is 16.3. The molecule has 0 aromatic heterocycles. The molecule has 29 heavy (non-hydrogen) atoms. The first-order valence-electron chi connectivity index (χ1n) is 8.81. The van der Waals surface area contributed by atoms with Gasteiger partial charge in [0, 0.05) is 6.07 Å². The first kappa shape index (κ1) is 21.7. The van der Waals surface area contributed by atoms with Crippen LogP contribution < -0.4 is 14.8 Å². The lowest BCUT2D eigenvalue weighted by Gasteiger charge is -2.13. The number of rotatable bonds is 9. The van der Waals surface area contributed by atoms with Crippen molar-refractivity contribution < 1.29 is 28.7 Å². The summed E-state index contributed by atoms with van der Waals surface area (Å²) in [5.41, 5.74) is 1.01. The van der Waals surface area contributed by atoms with Gasteiger partial charge in [0.15, 0.2) is 13.2 Å². The van der Waals surface area contributed by atoms with Crippen LogP contribution in [0.1, 0.15) is 25.3 Å². The van der Waals surface area contributed by atoms with Crippen LogP contribution >= 0.6 is 0 Å². The number of methoxy groups -OCH3 is 1. The Hall–Kier alpha value is -3.62. The standard InChI is InChI=1S/C20H22N2O7/c1-13(2)15-6-4-5-7-17(15)28-12-20(24)29-11-19(23)21-16-9-8-14(22(25)26)10-18(16)27-3/h4-10,13H,11-12H2,1-3H3,(H,21,23). The van der Waals surface area contributed by atoms with E-state index < -0.39 is 23.4 Å². The second-order valence-corrected chi connectivity index (χ2v) is 6.33. The molecule has 0 bridgehead atoms. The Bertz CT molecular complexity index is 896.